The molecule has 0 aromatic carbocycles. The molecule has 1 rings (SSSR count). The highest BCUT2D eigenvalue weighted by molar-refractivity contribution is 5.69. The number of hydrogen-bond donors (Lipinski definition) is 1. The first-order valence-electron chi connectivity index (χ1n) is 5.74. The second-order valence-corrected chi connectivity index (χ2v) is 4.37. The standard InChI is InChI=1S/C12H20N2O2/c1-3-5-13-6-4-7-14(9-8-13)10-11(2)12(15)16/h1,11H,4-10H2,2H3,(H,15,16). The van der Waals surface area contributed by atoms with Gasteiger partial charge in [-0.2, -0.15) is 0 Å². The van der Waals surface area contributed by atoms with Crippen LogP contribution in [-0.2, 0) is 4.79 Å². The van der Waals surface area contributed by atoms with Crippen molar-refractivity contribution in [2.45, 2.75) is 13.3 Å². The first-order valence-corrected chi connectivity index (χ1v) is 5.74. The van der Waals surface area contributed by atoms with E-state index in [4.69, 9.17) is 11.5 Å². The van der Waals surface area contributed by atoms with E-state index < -0.39 is 5.97 Å². The number of aliphatic carboxylic acids is 1. The maximum absolute atomic E-state index is 10.8. The number of rotatable bonds is 4. The molecule has 0 bridgehead atoms. The normalized spacial score (nSPS) is 21.0. The lowest BCUT2D eigenvalue weighted by Crippen LogP contribution is -2.35. The van der Waals surface area contributed by atoms with Crippen LogP contribution in [0.4, 0.5) is 0 Å². The summed E-state index contributed by atoms with van der Waals surface area (Å²) in [6.45, 7) is 6.94. The molecule has 1 N–H and O–H groups in total. The number of carboxylic acid groups (broad SMARTS) is 1. The van der Waals surface area contributed by atoms with Crippen molar-refractivity contribution in [2.24, 2.45) is 5.92 Å². The highest BCUT2D eigenvalue weighted by Gasteiger charge is 2.19. The molecule has 1 atom stereocenters. The van der Waals surface area contributed by atoms with Crippen LogP contribution in [0.15, 0.2) is 0 Å². The molecule has 1 fully saturated rings. The van der Waals surface area contributed by atoms with Crippen LogP contribution in [-0.4, -0.2) is 60.1 Å². The van der Waals surface area contributed by atoms with Gasteiger partial charge in [-0.1, -0.05) is 12.8 Å². The Morgan fingerprint density at radius 3 is 2.62 bits per heavy atom. The van der Waals surface area contributed by atoms with Gasteiger partial charge in [-0.15, -0.1) is 6.42 Å². The lowest BCUT2D eigenvalue weighted by atomic mass is 10.1. The topological polar surface area (TPSA) is 43.8 Å². The molecule has 0 aromatic rings. The quantitative estimate of drug-likeness (QED) is 0.700. The fraction of sp³-hybridized carbons (Fsp3) is 0.750. The Morgan fingerprint density at radius 2 is 2.00 bits per heavy atom. The first kappa shape index (κ1) is 13.0. The van der Waals surface area contributed by atoms with E-state index in [9.17, 15) is 4.79 Å². The summed E-state index contributed by atoms with van der Waals surface area (Å²) in [4.78, 5) is 15.2. The van der Waals surface area contributed by atoms with E-state index >= 15 is 0 Å². The van der Waals surface area contributed by atoms with Crippen LogP contribution in [0.25, 0.3) is 0 Å². The van der Waals surface area contributed by atoms with Crippen molar-refractivity contribution < 1.29 is 9.90 Å². The number of hydrogen-bond acceptors (Lipinski definition) is 3. The highest BCUT2D eigenvalue weighted by Crippen LogP contribution is 2.06. The molecule has 0 saturated carbocycles. The molecule has 0 amide bonds. The number of nitrogens with zero attached hydrogens (tertiary/aromatic N) is 2. The smallest absolute Gasteiger partial charge is 0.307 e. The molecule has 0 spiro atoms. The van der Waals surface area contributed by atoms with Crippen molar-refractivity contribution in [3.8, 4) is 12.3 Å². The van der Waals surface area contributed by atoms with Gasteiger partial charge in [0.15, 0.2) is 0 Å². The van der Waals surface area contributed by atoms with Crippen LogP contribution in [0.3, 0.4) is 0 Å². The monoisotopic (exact) mass is 224 g/mol. The molecule has 4 heteroatoms. The lowest BCUT2D eigenvalue weighted by Gasteiger charge is -2.22. The third-order valence-corrected chi connectivity index (χ3v) is 2.95. The molecular formula is C12H20N2O2. The molecule has 4 nitrogen and oxygen atoms in total. The molecule has 1 aliphatic rings. The maximum Gasteiger partial charge on any atom is 0.307 e. The second kappa shape index (κ2) is 6.51. The Hall–Kier alpha value is -1.05. The zero-order valence-corrected chi connectivity index (χ0v) is 9.85. The van der Waals surface area contributed by atoms with Crippen LogP contribution in [0.2, 0.25) is 0 Å². The summed E-state index contributed by atoms with van der Waals surface area (Å²) in [5.74, 6) is 1.64. The van der Waals surface area contributed by atoms with Crippen molar-refractivity contribution in [3.63, 3.8) is 0 Å². The lowest BCUT2D eigenvalue weighted by molar-refractivity contribution is -0.141. The Bertz CT molecular complexity index is 273. The van der Waals surface area contributed by atoms with E-state index in [0.717, 1.165) is 32.6 Å². The Balaban J connectivity index is 2.36. The van der Waals surface area contributed by atoms with Crippen LogP contribution in [0, 0.1) is 18.3 Å². The second-order valence-electron chi connectivity index (χ2n) is 4.37. The number of terminal acetylenes is 1. The molecule has 0 aromatic heterocycles. The number of carbonyl (C=O) groups is 1. The van der Waals surface area contributed by atoms with Crippen LogP contribution >= 0.6 is 0 Å². The summed E-state index contributed by atoms with van der Waals surface area (Å²) in [6.07, 6.45) is 6.35. The predicted molar refractivity (Wildman–Crippen MR) is 63.1 cm³/mol. The van der Waals surface area contributed by atoms with Crippen molar-refractivity contribution >= 4 is 5.97 Å². The molecule has 0 aliphatic carbocycles. The van der Waals surface area contributed by atoms with E-state index in [2.05, 4.69) is 15.7 Å². The molecule has 16 heavy (non-hydrogen) atoms. The van der Waals surface area contributed by atoms with Crippen LogP contribution in [0.1, 0.15) is 13.3 Å². The van der Waals surface area contributed by atoms with Gasteiger partial charge >= 0.3 is 5.97 Å². The zero-order chi connectivity index (χ0) is 12.0. The predicted octanol–water partition coefficient (Wildman–Crippen LogP) is 0.348. The zero-order valence-electron chi connectivity index (χ0n) is 9.85. The molecule has 1 unspecified atom stereocenters. The SMILES string of the molecule is C#CCN1CCCN(CC(C)C(=O)O)CC1. The minimum Gasteiger partial charge on any atom is -0.481 e. The molecule has 1 saturated heterocycles. The minimum atomic E-state index is -0.718. The van der Waals surface area contributed by atoms with E-state index in [0.29, 0.717) is 13.1 Å². The molecule has 0 radical (unpaired) electrons. The largest absolute Gasteiger partial charge is 0.481 e. The maximum atomic E-state index is 10.8. The third-order valence-electron chi connectivity index (χ3n) is 2.95. The van der Waals surface area contributed by atoms with Gasteiger partial charge in [0.05, 0.1) is 12.5 Å². The van der Waals surface area contributed by atoms with Gasteiger partial charge in [-0.25, -0.2) is 0 Å². The molecule has 1 aliphatic heterocycles. The van der Waals surface area contributed by atoms with Crippen LogP contribution < -0.4 is 0 Å². The van der Waals surface area contributed by atoms with Gasteiger partial charge in [-0.05, 0) is 13.0 Å². The Labute approximate surface area is 97.2 Å². The van der Waals surface area contributed by atoms with Crippen molar-refractivity contribution in [1.82, 2.24) is 9.80 Å². The van der Waals surface area contributed by atoms with Crippen molar-refractivity contribution in [2.75, 3.05) is 39.3 Å². The fourth-order valence-electron chi connectivity index (χ4n) is 1.96. The molecular weight excluding hydrogens is 204 g/mol. The van der Waals surface area contributed by atoms with Gasteiger partial charge in [-0.3, -0.25) is 9.69 Å². The van der Waals surface area contributed by atoms with E-state index in [-0.39, 0.29) is 5.92 Å². The summed E-state index contributed by atoms with van der Waals surface area (Å²) in [7, 11) is 0. The summed E-state index contributed by atoms with van der Waals surface area (Å²) in [5, 5.41) is 8.86. The van der Waals surface area contributed by atoms with Gasteiger partial charge < -0.3 is 10.0 Å². The van der Waals surface area contributed by atoms with Gasteiger partial charge in [0, 0.05) is 26.2 Å². The van der Waals surface area contributed by atoms with Gasteiger partial charge in [0.25, 0.3) is 0 Å². The Morgan fingerprint density at radius 1 is 1.38 bits per heavy atom. The highest BCUT2D eigenvalue weighted by atomic mass is 16.4. The summed E-state index contributed by atoms with van der Waals surface area (Å²) >= 11 is 0. The average molecular weight is 224 g/mol. The Kier molecular flexibility index (Phi) is 5.30. The van der Waals surface area contributed by atoms with Crippen LogP contribution in [0.5, 0.6) is 0 Å². The van der Waals surface area contributed by atoms with Crippen molar-refractivity contribution in [1.29, 1.82) is 0 Å². The van der Waals surface area contributed by atoms with Gasteiger partial charge in [0.1, 0.15) is 0 Å². The van der Waals surface area contributed by atoms with Crippen molar-refractivity contribution in [3.05, 3.63) is 0 Å². The molecule has 90 valence electrons. The number of carboxylic acids is 1. The first-order chi connectivity index (χ1) is 7.63. The summed E-state index contributed by atoms with van der Waals surface area (Å²) in [6, 6.07) is 0. The average Bonchev–Trinajstić information content (AvgIpc) is 2.44. The summed E-state index contributed by atoms with van der Waals surface area (Å²) in [5.41, 5.74) is 0. The third kappa shape index (κ3) is 4.21. The minimum absolute atomic E-state index is 0.292. The van der Waals surface area contributed by atoms with E-state index in [1.807, 2.05) is 0 Å². The van der Waals surface area contributed by atoms with E-state index in [1.54, 1.807) is 6.92 Å². The van der Waals surface area contributed by atoms with E-state index in [1.165, 1.54) is 0 Å². The summed E-state index contributed by atoms with van der Waals surface area (Å²) < 4.78 is 0. The molecule has 1 heterocycles. The van der Waals surface area contributed by atoms with Gasteiger partial charge in [0.2, 0.25) is 0 Å². The fourth-order valence-corrected chi connectivity index (χ4v) is 1.96.